The molecule has 0 unspecified atom stereocenters. The van der Waals surface area contributed by atoms with E-state index in [-0.39, 0.29) is 17.0 Å². The molecule has 0 N–H and O–H groups in total. The van der Waals surface area contributed by atoms with Crippen LogP contribution < -0.4 is 0 Å². The number of Topliss-reactive ketones (excluding diaryl/α,β-unsaturated/α-hetero) is 1. The molecule has 0 radical (unpaired) electrons. The smallest absolute Gasteiger partial charge is 0.339 e. The molecule has 1 fully saturated rings. The lowest BCUT2D eigenvalue weighted by atomic mass is 9.96. The van der Waals surface area contributed by atoms with Crippen LogP contribution in [0.5, 0.6) is 0 Å². The van der Waals surface area contributed by atoms with E-state index in [1.165, 1.54) is 18.2 Å². The first-order valence-electron chi connectivity index (χ1n) is 6.06. The number of hydrogen-bond acceptors (Lipinski definition) is 5. The Kier molecular flexibility index (Phi) is 3.89. The number of rotatable bonds is 3. The molecule has 1 aliphatic carbocycles. The molecule has 2 rings (SSSR count). The van der Waals surface area contributed by atoms with E-state index < -0.39 is 17.0 Å². The summed E-state index contributed by atoms with van der Waals surface area (Å²) in [5, 5.41) is 10.6. The largest absolute Gasteiger partial charge is 0.451 e. The van der Waals surface area contributed by atoms with Crippen molar-refractivity contribution in [3.63, 3.8) is 0 Å². The van der Waals surface area contributed by atoms with Crippen molar-refractivity contribution in [3.05, 3.63) is 39.9 Å². The van der Waals surface area contributed by atoms with Crippen LogP contribution in [0.15, 0.2) is 24.3 Å². The molecule has 1 aromatic rings. The minimum absolute atomic E-state index is 0.0787. The second-order valence-corrected chi connectivity index (χ2v) is 4.41. The van der Waals surface area contributed by atoms with Gasteiger partial charge in [-0.2, -0.15) is 0 Å². The van der Waals surface area contributed by atoms with Crippen LogP contribution in [0.1, 0.15) is 36.0 Å². The number of carbonyl (C=O) groups is 2. The average Bonchev–Trinajstić information content (AvgIpc) is 2.41. The van der Waals surface area contributed by atoms with Crippen molar-refractivity contribution in [1.82, 2.24) is 0 Å². The highest BCUT2D eigenvalue weighted by Crippen LogP contribution is 2.20. The van der Waals surface area contributed by atoms with Gasteiger partial charge in [-0.3, -0.25) is 14.9 Å². The number of carbonyl (C=O) groups excluding carboxylic acids is 2. The van der Waals surface area contributed by atoms with Crippen molar-refractivity contribution < 1.29 is 19.2 Å². The number of nitro groups is 1. The van der Waals surface area contributed by atoms with Crippen molar-refractivity contribution >= 4 is 17.4 Å². The quantitative estimate of drug-likeness (QED) is 0.474. The number of esters is 1. The predicted octanol–water partition coefficient (Wildman–Crippen LogP) is 2.26. The lowest BCUT2D eigenvalue weighted by molar-refractivity contribution is -0.384. The Morgan fingerprint density at radius 3 is 2.84 bits per heavy atom. The second kappa shape index (κ2) is 5.60. The second-order valence-electron chi connectivity index (χ2n) is 4.41. The molecule has 6 heteroatoms. The van der Waals surface area contributed by atoms with Gasteiger partial charge >= 0.3 is 5.97 Å². The normalized spacial score (nSPS) is 18.9. The Balaban J connectivity index is 2.09. The van der Waals surface area contributed by atoms with Gasteiger partial charge in [-0.1, -0.05) is 6.07 Å². The molecular formula is C13H13NO5. The average molecular weight is 263 g/mol. The van der Waals surface area contributed by atoms with Crippen molar-refractivity contribution in [2.75, 3.05) is 0 Å². The van der Waals surface area contributed by atoms with E-state index >= 15 is 0 Å². The van der Waals surface area contributed by atoms with Gasteiger partial charge in [0.05, 0.1) is 10.5 Å². The highest BCUT2D eigenvalue weighted by atomic mass is 16.6. The molecule has 0 saturated heterocycles. The first-order chi connectivity index (χ1) is 9.08. The number of nitrogens with zero attached hydrogens (tertiary/aromatic N) is 1. The Morgan fingerprint density at radius 1 is 1.37 bits per heavy atom. The minimum Gasteiger partial charge on any atom is -0.451 e. The highest BCUT2D eigenvalue weighted by Gasteiger charge is 2.26. The van der Waals surface area contributed by atoms with Gasteiger partial charge < -0.3 is 4.74 Å². The van der Waals surface area contributed by atoms with Gasteiger partial charge in [0.2, 0.25) is 0 Å². The van der Waals surface area contributed by atoms with Gasteiger partial charge in [0.1, 0.15) is 0 Å². The summed E-state index contributed by atoms with van der Waals surface area (Å²) >= 11 is 0. The maximum atomic E-state index is 11.8. The van der Waals surface area contributed by atoms with Crippen LogP contribution in [0, 0.1) is 10.1 Å². The first-order valence-corrected chi connectivity index (χ1v) is 6.06. The van der Waals surface area contributed by atoms with E-state index in [0.717, 1.165) is 18.9 Å². The van der Waals surface area contributed by atoms with Crippen LogP contribution in [-0.4, -0.2) is 22.8 Å². The SMILES string of the molecule is O=C(O[C@@H]1CCCCC1=O)c1cccc([N+](=O)[O-])c1. The molecule has 1 aromatic carbocycles. The summed E-state index contributed by atoms with van der Waals surface area (Å²) in [5.41, 5.74) is -0.0861. The molecule has 0 aromatic heterocycles. The number of benzene rings is 1. The Bertz CT molecular complexity index is 526. The first kappa shape index (κ1) is 13.2. The van der Waals surface area contributed by atoms with Gasteiger partial charge in [0.15, 0.2) is 11.9 Å². The number of ketones is 1. The number of non-ortho nitro benzene ring substituents is 1. The summed E-state index contributed by atoms with van der Waals surface area (Å²) in [6.45, 7) is 0. The summed E-state index contributed by atoms with van der Waals surface area (Å²) in [6.07, 6.45) is 1.91. The summed E-state index contributed by atoms with van der Waals surface area (Å²) in [5.74, 6) is -0.769. The molecule has 100 valence electrons. The predicted molar refractivity (Wildman–Crippen MR) is 65.8 cm³/mol. The zero-order valence-corrected chi connectivity index (χ0v) is 10.2. The van der Waals surface area contributed by atoms with Crippen LogP contribution in [0.3, 0.4) is 0 Å². The lowest BCUT2D eigenvalue weighted by Crippen LogP contribution is -2.30. The summed E-state index contributed by atoms with van der Waals surface area (Å²) < 4.78 is 5.11. The number of nitro benzene ring substituents is 1. The zero-order chi connectivity index (χ0) is 13.8. The topological polar surface area (TPSA) is 86.5 Å². The van der Waals surface area contributed by atoms with Crippen LogP contribution >= 0.6 is 0 Å². The third-order valence-corrected chi connectivity index (χ3v) is 3.04. The van der Waals surface area contributed by atoms with E-state index in [1.807, 2.05) is 0 Å². The summed E-state index contributed by atoms with van der Waals surface area (Å²) in [6, 6.07) is 5.29. The van der Waals surface area contributed by atoms with Gasteiger partial charge in [-0.05, 0) is 25.3 Å². The van der Waals surface area contributed by atoms with E-state index in [1.54, 1.807) is 0 Å². The van der Waals surface area contributed by atoms with E-state index in [4.69, 9.17) is 4.74 Å². The summed E-state index contributed by atoms with van der Waals surface area (Å²) in [7, 11) is 0. The fourth-order valence-electron chi connectivity index (χ4n) is 2.02. The van der Waals surface area contributed by atoms with E-state index in [0.29, 0.717) is 12.8 Å². The fourth-order valence-corrected chi connectivity index (χ4v) is 2.02. The van der Waals surface area contributed by atoms with Crippen molar-refractivity contribution in [1.29, 1.82) is 0 Å². The minimum atomic E-state index is -0.708. The summed E-state index contributed by atoms with van der Waals surface area (Å²) in [4.78, 5) is 33.4. The molecular weight excluding hydrogens is 250 g/mol. The third-order valence-electron chi connectivity index (χ3n) is 3.04. The molecule has 1 atom stereocenters. The van der Waals surface area contributed by atoms with Crippen molar-refractivity contribution in [2.24, 2.45) is 0 Å². The highest BCUT2D eigenvalue weighted by molar-refractivity contribution is 5.93. The maximum absolute atomic E-state index is 11.8. The van der Waals surface area contributed by atoms with E-state index in [2.05, 4.69) is 0 Å². The molecule has 6 nitrogen and oxygen atoms in total. The fraction of sp³-hybridized carbons (Fsp3) is 0.385. The zero-order valence-electron chi connectivity index (χ0n) is 10.2. The van der Waals surface area contributed by atoms with Gasteiger partial charge in [0, 0.05) is 18.6 Å². The number of ether oxygens (including phenoxy) is 1. The van der Waals surface area contributed by atoms with Crippen LogP contribution in [-0.2, 0) is 9.53 Å². The van der Waals surface area contributed by atoms with Gasteiger partial charge in [0.25, 0.3) is 5.69 Å². The molecule has 0 heterocycles. The molecule has 0 amide bonds. The molecule has 0 spiro atoms. The molecule has 19 heavy (non-hydrogen) atoms. The monoisotopic (exact) mass is 263 g/mol. The van der Waals surface area contributed by atoms with Crippen LogP contribution in [0.2, 0.25) is 0 Å². The van der Waals surface area contributed by atoms with Crippen LogP contribution in [0.4, 0.5) is 5.69 Å². The molecule has 0 aliphatic heterocycles. The standard InChI is InChI=1S/C13H13NO5/c15-11-6-1-2-7-12(11)19-13(16)9-4-3-5-10(8-9)14(17)18/h3-5,8,12H,1-2,6-7H2/t12-/m1/s1. The Morgan fingerprint density at radius 2 is 2.16 bits per heavy atom. The van der Waals surface area contributed by atoms with Gasteiger partial charge in [-0.15, -0.1) is 0 Å². The molecule has 1 saturated carbocycles. The third kappa shape index (κ3) is 3.15. The number of hydrogen-bond donors (Lipinski definition) is 0. The van der Waals surface area contributed by atoms with Crippen molar-refractivity contribution in [2.45, 2.75) is 31.8 Å². The van der Waals surface area contributed by atoms with Crippen molar-refractivity contribution in [3.8, 4) is 0 Å². The maximum Gasteiger partial charge on any atom is 0.339 e. The molecule has 0 bridgehead atoms. The van der Waals surface area contributed by atoms with E-state index in [9.17, 15) is 19.7 Å². The Labute approximate surface area is 109 Å². The lowest BCUT2D eigenvalue weighted by Gasteiger charge is -2.20. The Hall–Kier alpha value is -2.24. The van der Waals surface area contributed by atoms with Crippen LogP contribution in [0.25, 0.3) is 0 Å². The molecule has 1 aliphatic rings. The van der Waals surface area contributed by atoms with Gasteiger partial charge in [-0.25, -0.2) is 4.79 Å².